The van der Waals surface area contributed by atoms with Gasteiger partial charge in [-0.25, -0.2) is 13.4 Å². The molecule has 0 aliphatic carbocycles. The Labute approximate surface area is 170 Å². The number of amides is 1. The average molecular weight is 435 g/mol. The Morgan fingerprint density at radius 1 is 0.966 bits per heavy atom. The fraction of sp³-hybridized carbons (Fsp3) is 0.0526. The minimum atomic E-state index is -3.79. The molecule has 0 spiro atoms. The molecule has 0 saturated carbocycles. The number of aromatic nitrogens is 1. The number of hydrogen-bond acceptors (Lipinski definition) is 5. The molecular formula is C19H15F2N3O3S2. The van der Waals surface area contributed by atoms with Crippen LogP contribution in [0.4, 0.5) is 20.2 Å². The van der Waals surface area contributed by atoms with E-state index in [0.717, 1.165) is 0 Å². The molecule has 0 bridgehead atoms. The smallest absolute Gasteiger partial charge is 0.290 e. The number of nitrogens with zero attached hydrogens (tertiary/aromatic N) is 1. The lowest BCUT2D eigenvalue weighted by molar-refractivity contribution is 0.102. The number of carbonyl (C=O) groups is 1. The minimum absolute atomic E-state index is 0.00642. The number of anilines is 2. The molecule has 0 radical (unpaired) electrons. The standard InChI is InChI=1S/C19H15F2N3O3S2/c20-19(21)28-18-16(10-5-11-22-18)17(25)23-13-6-4-7-14(12-13)24-29(26,27)15-8-2-1-3-9-15/h1-12,19,24H,(H,23,25). The summed E-state index contributed by atoms with van der Waals surface area (Å²) >= 11 is 0.176. The van der Waals surface area contributed by atoms with Crippen LogP contribution in [0.25, 0.3) is 0 Å². The van der Waals surface area contributed by atoms with Gasteiger partial charge in [0.05, 0.1) is 16.1 Å². The van der Waals surface area contributed by atoms with Gasteiger partial charge >= 0.3 is 0 Å². The molecule has 29 heavy (non-hydrogen) atoms. The molecule has 1 heterocycles. The number of halogens is 2. The second-order valence-electron chi connectivity index (χ2n) is 5.69. The Balaban J connectivity index is 1.78. The first-order valence-corrected chi connectivity index (χ1v) is 10.6. The molecule has 150 valence electrons. The van der Waals surface area contributed by atoms with E-state index in [4.69, 9.17) is 0 Å². The third-order valence-electron chi connectivity index (χ3n) is 3.64. The first-order valence-electron chi connectivity index (χ1n) is 8.24. The summed E-state index contributed by atoms with van der Waals surface area (Å²) in [7, 11) is -3.79. The molecule has 0 aliphatic rings. The average Bonchev–Trinajstić information content (AvgIpc) is 2.68. The van der Waals surface area contributed by atoms with Gasteiger partial charge in [0.1, 0.15) is 5.03 Å². The van der Waals surface area contributed by atoms with Gasteiger partial charge in [-0.05, 0) is 54.2 Å². The monoisotopic (exact) mass is 435 g/mol. The van der Waals surface area contributed by atoms with Crippen LogP contribution in [-0.2, 0) is 10.0 Å². The van der Waals surface area contributed by atoms with Crippen molar-refractivity contribution in [3.8, 4) is 0 Å². The third-order valence-corrected chi connectivity index (χ3v) is 5.77. The van der Waals surface area contributed by atoms with Gasteiger partial charge in [-0.1, -0.05) is 24.3 Å². The van der Waals surface area contributed by atoms with Crippen molar-refractivity contribution in [2.24, 2.45) is 0 Å². The molecule has 1 aromatic heterocycles. The highest BCUT2D eigenvalue weighted by Gasteiger charge is 2.17. The van der Waals surface area contributed by atoms with Gasteiger partial charge in [0.25, 0.3) is 21.7 Å². The second-order valence-corrected chi connectivity index (χ2v) is 8.35. The van der Waals surface area contributed by atoms with Crippen molar-refractivity contribution in [3.05, 3.63) is 78.5 Å². The molecule has 3 rings (SSSR count). The lowest BCUT2D eigenvalue weighted by Gasteiger charge is -2.11. The Morgan fingerprint density at radius 2 is 1.69 bits per heavy atom. The molecule has 6 nitrogen and oxygen atoms in total. The van der Waals surface area contributed by atoms with Crippen molar-refractivity contribution < 1.29 is 22.0 Å². The van der Waals surface area contributed by atoms with Crippen LogP contribution in [0.5, 0.6) is 0 Å². The molecule has 0 atom stereocenters. The second kappa shape index (κ2) is 9.01. The van der Waals surface area contributed by atoms with E-state index in [0.29, 0.717) is 5.69 Å². The zero-order chi connectivity index (χ0) is 20.9. The molecule has 3 aromatic rings. The molecule has 1 amide bonds. The van der Waals surface area contributed by atoms with Gasteiger partial charge in [-0.15, -0.1) is 0 Å². The Morgan fingerprint density at radius 3 is 2.41 bits per heavy atom. The van der Waals surface area contributed by atoms with Crippen LogP contribution in [0.2, 0.25) is 0 Å². The van der Waals surface area contributed by atoms with Crippen molar-refractivity contribution in [2.45, 2.75) is 15.7 Å². The van der Waals surface area contributed by atoms with Crippen LogP contribution in [0.1, 0.15) is 10.4 Å². The number of rotatable bonds is 7. The van der Waals surface area contributed by atoms with Crippen molar-refractivity contribution in [1.29, 1.82) is 0 Å². The largest absolute Gasteiger partial charge is 0.322 e. The fourth-order valence-corrected chi connectivity index (χ4v) is 4.06. The normalized spacial score (nSPS) is 11.3. The van der Waals surface area contributed by atoms with Crippen molar-refractivity contribution in [1.82, 2.24) is 4.98 Å². The van der Waals surface area contributed by atoms with Gasteiger partial charge in [0, 0.05) is 11.9 Å². The zero-order valence-corrected chi connectivity index (χ0v) is 16.4. The third kappa shape index (κ3) is 5.52. The van der Waals surface area contributed by atoms with E-state index in [-0.39, 0.29) is 32.9 Å². The van der Waals surface area contributed by atoms with Gasteiger partial charge in [-0.2, -0.15) is 8.78 Å². The lowest BCUT2D eigenvalue weighted by atomic mass is 10.2. The van der Waals surface area contributed by atoms with Crippen LogP contribution >= 0.6 is 11.8 Å². The minimum Gasteiger partial charge on any atom is -0.322 e. The first-order chi connectivity index (χ1) is 13.8. The number of alkyl halides is 2. The summed E-state index contributed by atoms with van der Waals surface area (Å²) in [5.41, 5.74) is 0.521. The molecule has 0 unspecified atom stereocenters. The van der Waals surface area contributed by atoms with E-state index in [1.54, 1.807) is 30.3 Å². The maximum Gasteiger partial charge on any atom is 0.290 e. The van der Waals surface area contributed by atoms with Crippen LogP contribution in [-0.4, -0.2) is 25.1 Å². The van der Waals surface area contributed by atoms with Crippen LogP contribution in [0, 0.1) is 0 Å². The molecule has 0 fully saturated rings. The number of pyridine rings is 1. The van der Waals surface area contributed by atoms with E-state index >= 15 is 0 Å². The molecule has 0 saturated heterocycles. The number of benzene rings is 2. The molecular weight excluding hydrogens is 420 g/mol. The lowest BCUT2D eigenvalue weighted by Crippen LogP contribution is -2.15. The van der Waals surface area contributed by atoms with Gasteiger partial charge < -0.3 is 5.32 Å². The maximum atomic E-state index is 12.7. The highest BCUT2D eigenvalue weighted by atomic mass is 32.2. The number of sulfonamides is 1. The fourth-order valence-electron chi connectivity index (χ4n) is 2.41. The van der Waals surface area contributed by atoms with E-state index in [9.17, 15) is 22.0 Å². The number of hydrogen-bond donors (Lipinski definition) is 2. The number of nitrogens with one attached hydrogen (secondary N) is 2. The van der Waals surface area contributed by atoms with Crippen molar-refractivity contribution in [3.63, 3.8) is 0 Å². The van der Waals surface area contributed by atoms with Gasteiger partial charge in [-0.3, -0.25) is 9.52 Å². The molecule has 2 aromatic carbocycles. The highest BCUT2D eigenvalue weighted by molar-refractivity contribution is 7.99. The highest BCUT2D eigenvalue weighted by Crippen LogP contribution is 2.27. The summed E-state index contributed by atoms with van der Waals surface area (Å²) in [6, 6.07) is 16.7. The van der Waals surface area contributed by atoms with Crippen LogP contribution in [0.15, 0.2) is 82.8 Å². The summed E-state index contributed by atoms with van der Waals surface area (Å²) in [6.07, 6.45) is 1.32. The zero-order valence-electron chi connectivity index (χ0n) is 14.7. The Kier molecular flexibility index (Phi) is 6.45. The Hall–Kier alpha value is -2.98. The van der Waals surface area contributed by atoms with E-state index in [1.807, 2.05) is 0 Å². The van der Waals surface area contributed by atoms with Crippen LogP contribution in [0.3, 0.4) is 0 Å². The van der Waals surface area contributed by atoms with E-state index < -0.39 is 21.7 Å². The van der Waals surface area contributed by atoms with Gasteiger partial charge in [0.2, 0.25) is 0 Å². The summed E-state index contributed by atoms with van der Waals surface area (Å²) in [5.74, 6) is -3.35. The number of thioether (sulfide) groups is 1. The molecule has 0 aliphatic heterocycles. The summed E-state index contributed by atoms with van der Waals surface area (Å²) in [5, 5.41) is 2.47. The topological polar surface area (TPSA) is 88.2 Å². The van der Waals surface area contributed by atoms with E-state index in [2.05, 4.69) is 15.0 Å². The summed E-state index contributed by atoms with van der Waals surface area (Å²) in [6.45, 7) is 0. The predicted molar refractivity (Wildman–Crippen MR) is 108 cm³/mol. The quantitative estimate of drug-likeness (QED) is 0.536. The van der Waals surface area contributed by atoms with Crippen molar-refractivity contribution >= 4 is 39.1 Å². The predicted octanol–water partition coefficient (Wildman–Crippen LogP) is 4.45. The van der Waals surface area contributed by atoms with Crippen LogP contribution < -0.4 is 10.0 Å². The summed E-state index contributed by atoms with van der Waals surface area (Å²) in [4.78, 5) is 16.4. The number of carbonyl (C=O) groups excluding carboxylic acids is 1. The van der Waals surface area contributed by atoms with Crippen molar-refractivity contribution in [2.75, 3.05) is 10.0 Å². The van der Waals surface area contributed by atoms with E-state index in [1.165, 1.54) is 42.6 Å². The Bertz CT molecular complexity index is 1110. The molecule has 2 N–H and O–H groups in total. The SMILES string of the molecule is O=C(Nc1cccc(NS(=O)(=O)c2ccccc2)c1)c1cccnc1SC(F)F. The van der Waals surface area contributed by atoms with Gasteiger partial charge in [0.15, 0.2) is 0 Å². The molecule has 10 heteroatoms. The first kappa shape index (κ1) is 20.7. The maximum absolute atomic E-state index is 12.7. The summed E-state index contributed by atoms with van der Waals surface area (Å²) < 4.78 is 52.6.